The molecule has 0 bridgehead atoms. The van der Waals surface area contributed by atoms with Crippen LogP contribution in [0.4, 0.5) is 4.79 Å². The van der Waals surface area contributed by atoms with Crippen LogP contribution in [0.1, 0.15) is 25.8 Å². The zero-order valence-electron chi connectivity index (χ0n) is 12.1. The van der Waals surface area contributed by atoms with Gasteiger partial charge in [0.25, 0.3) is 0 Å². The molecule has 1 aromatic rings. The van der Waals surface area contributed by atoms with Gasteiger partial charge in [-0.05, 0) is 35.6 Å². The second-order valence-electron chi connectivity index (χ2n) is 5.55. The highest BCUT2D eigenvalue weighted by atomic mass is 16.3. The number of nitrogens with one attached hydrogen (secondary N) is 1. The van der Waals surface area contributed by atoms with Crippen LogP contribution in [-0.2, 0) is 0 Å². The van der Waals surface area contributed by atoms with Crippen LogP contribution in [0, 0.1) is 5.92 Å². The Morgan fingerprint density at radius 1 is 1.35 bits per heavy atom. The van der Waals surface area contributed by atoms with Gasteiger partial charge < -0.3 is 15.3 Å². The van der Waals surface area contributed by atoms with Crippen molar-refractivity contribution in [1.29, 1.82) is 0 Å². The first-order chi connectivity index (χ1) is 9.56. The lowest BCUT2D eigenvalue weighted by atomic mass is 9.99. The maximum atomic E-state index is 11.9. The van der Waals surface area contributed by atoms with Crippen LogP contribution in [0.5, 0.6) is 5.75 Å². The van der Waals surface area contributed by atoms with Gasteiger partial charge in [-0.1, -0.05) is 32.1 Å². The molecule has 0 saturated carbocycles. The summed E-state index contributed by atoms with van der Waals surface area (Å²) in [6.07, 6.45) is 2.94. The maximum Gasteiger partial charge on any atom is 0.317 e. The van der Waals surface area contributed by atoms with E-state index in [4.69, 9.17) is 0 Å². The van der Waals surface area contributed by atoms with E-state index in [1.54, 1.807) is 12.1 Å². The lowest BCUT2D eigenvalue weighted by molar-refractivity contribution is 0.202. The summed E-state index contributed by atoms with van der Waals surface area (Å²) in [5, 5.41) is 12.2. The highest BCUT2D eigenvalue weighted by molar-refractivity contribution is 5.76. The normalized spacial score (nSPS) is 15.2. The van der Waals surface area contributed by atoms with Gasteiger partial charge in [-0.2, -0.15) is 0 Å². The monoisotopic (exact) mass is 274 g/mol. The highest BCUT2D eigenvalue weighted by Crippen LogP contribution is 2.23. The van der Waals surface area contributed by atoms with Crippen molar-refractivity contribution in [2.24, 2.45) is 5.92 Å². The molecule has 0 saturated heterocycles. The van der Waals surface area contributed by atoms with Crippen LogP contribution < -0.4 is 5.32 Å². The summed E-state index contributed by atoms with van der Waals surface area (Å²) >= 11 is 0. The minimum absolute atomic E-state index is 0.0136. The molecule has 2 rings (SSSR count). The molecule has 0 atom stereocenters. The third kappa shape index (κ3) is 3.76. The fraction of sp³-hybridized carbons (Fsp3) is 0.438. The van der Waals surface area contributed by atoms with Gasteiger partial charge in [0.15, 0.2) is 0 Å². The fourth-order valence-electron chi connectivity index (χ4n) is 2.19. The van der Waals surface area contributed by atoms with Gasteiger partial charge in [-0.15, -0.1) is 0 Å². The quantitative estimate of drug-likeness (QED) is 0.890. The molecule has 0 aromatic heterocycles. The number of nitrogens with zero attached hydrogens (tertiary/aromatic N) is 1. The Hall–Kier alpha value is -1.97. The Bertz CT molecular complexity index is 492. The third-order valence-electron chi connectivity index (χ3n) is 3.40. The average molecular weight is 274 g/mol. The van der Waals surface area contributed by atoms with Crippen LogP contribution in [0.25, 0.3) is 5.57 Å². The fourth-order valence-corrected chi connectivity index (χ4v) is 2.19. The zero-order valence-corrected chi connectivity index (χ0v) is 12.1. The first kappa shape index (κ1) is 14.4. The van der Waals surface area contributed by atoms with E-state index in [1.165, 1.54) is 5.57 Å². The third-order valence-corrected chi connectivity index (χ3v) is 3.40. The molecule has 0 aliphatic carbocycles. The number of hydrogen-bond acceptors (Lipinski definition) is 2. The van der Waals surface area contributed by atoms with Gasteiger partial charge in [0, 0.05) is 19.6 Å². The van der Waals surface area contributed by atoms with Crippen molar-refractivity contribution in [3.63, 3.8) is 0 Å². The Kier molecular flexibility index (Phi) is 4.66. The topological polar surface area (TPSA) is 52.6 Å². The van der Waals surface area contributed by atoms with Gasteiger partial charge >= 0.3 is 6.03 Å². The van der Waals surface area contributed by atoms with Gasteiger partial charge in [0.1, 0.15) is 5.75 Å². The largest absolute Gasteiger partial charge is 0.508 e. The van der Waals surface area contributed by atoms with Crippen LogP contribution in [0.2, 0.25) is 0 Å². The van der Waals surface area contributed by atoms with E-state index in [0.717, 1.165) is 18.5 Å². The summed E-state index contributed by atoms with van der Waals surface area (Å²) in [5.41, 5.74) is 2.35. The predicted molar refractivity (Wildman–Crippen MR) is 80.5 cm³/mol. The predicted octanol–water partition coefficient (Wildman–Crippen LogP) is 2.85. The number of phenolic OH excluding ortho intramolecular Hbond substituents is 1. The second-order valence-corrected chi connectivity index (χ2v) is 5.55. The van der Waals surface area contributed by atoms with Crippen molar-refractivity contribution in [1.82, 2.24) is 10.2 Å². The molecule has 4 nitrogen and oxygen atoms in total. The first-order valence-corrected chi connectivity index (χ1v) is 7.07. The minimum atomic E-state index is 0.0136. The van der Waals surface area contributed by atoms with E-state index in [9.17, 15) is 9.90 Å². The van der Waals surface area contributed by atoms with Gasteiger partial charge in [-0.3, -0.25) is 0 Å². The SMILES string of the molecule is CC(C)CNC(=O)N1CC=C(c2ccc(O)cc2)CC1. The van der Waals surface area contributed by atoms with Crippen LogP contribution in [0.15, 0.2) is 30.3 Å². The van der Waals surface area contributed by atoms with E-state index >= 15 is 0 Å². The van der Waals surface area contributed by atoms with Crippen molar-refractivity contribution in [3.8, 4) is 5.75 Å². The van der Waals surface area contributed by atoms with E-state index in [-0.39, 0.29) is 11.8 Å². The lowest BCUT2D eigenvalue weighted by Gasteiger charge is -2.27. The summed E-state index contributed by atoms with van der Waals surface area (Å²) in [4.78, 5) is 13.8. The molecule has 1 aliphatic rings. The van der Waals surface area contributed by atoms with Crippen molar-refractivity contribution in [2.45, 2.75) is 20.3 Å². The average Bonchev–Trinajstić information content (AvgIpc) is 2.46. The molecule has 1 aliphatic heterocycles. The number of rotatable bonds is 3. The summed E-state index contributed by atoms with van der Waals surface area (Å²) in [6.45, 7) is 6.25. The Morgan fingerprint density at radius 3 is 2.60 bits per heavy atom. The molecule has 0 fully saturated rings. The Morgan fingerprint density at radius 2 is 2.05 bits per heavy atom. The molecule has 0 unspecified atom stereocenters. The van der Waals surface area contributed by atoms with E-state index in [0.29, 0.717) is 19.0 Å². The number of carbonyl (C=O) groups excluding carboxylic acids is 1. The standard InChI is InChI=1S/C16H22N2O2/c1-12(2)11-17-16(20)18-9-7-14(8-10-18)13-3-5-15(19)6-4-13/h3-7,12,19H,8-11H2,1-2H3,(H,17,20). The van der Waals surface area contributed by atoms with Crippen molar-refractivity contribution in [3.05, 3.63) is 35.9 Å². The number of amides is 2. The molecule has 2 amide bonds. The first-order valence-electron chi connectivity index (χ1n) is 7.07. The molecular weight excluding hydrogens is 252 g/mol. The Balaban J connectivity index is 1.93. The van der Waals surface area contributed by atoms with Crippen LogP contribution >= 0.6 is 0 Å². The molecule has 0 spiro atoms. The summed E-state index contributed by atoms with van der Waals surface area (Å²) in [6, 6.07) is 7.22. The molecule has 1 heterocycles. The Labute approximate surface area is 120 Å². The summed E-state index contributed by atoms with van der Waals surface area (Å²) < 4.78 is 0. The maximum absolute atomic E-state index is 11.9. The lowest BCUT2D eigenvalue weighted by Crippen LogP contribution is -2.43. The molecule has 1 aromatic carbocycles. The number of carbonyl (C=O) groups is 1. The summed E-state index contributed by atoms with van der Waals surface area (Å²) in [5.74, 6) is 0.742. The number of urea groups is 1. The van der Waals surface area contributed by atoms with Crippen molar-refractivity contribution in [2.75, 3.05) is 19.6 Å². The van der Waals surface area contributed by atoms with Crippen molar-refractivity contribution >= 4 is 11.6 Å². The number of benzene rings is 1. The van der Waals surface area contributed by atoms with Crippen LogP contribution in [0.3, 0.4) is 0 Å². The molecule has 4 heteroatoms. The highest BCUT2D eigenvalue weighted by Gasteiger charge is 2.17. The molecular formula is C16H22N2O2. The number of aromatic hydroxyl groups is 1. The second kappa shape index (κ2) is 6.46. The zero-order chi connectivity index (χ0) is 14.5. The van der Waals surface area contributed by atoms with Gasteiger partial charge in [0.05, 0.1) is 0 Å². The van der Waals surface area contributed by atoms with E-state index < -0.39 is 0 Å². The van der Waals surface area contributed by atoms with Gasteiger partial charge in [-0.25, -0.2) is 4.79 Å². The number of hydrogen-bond donors (Lipinski definition) is 2. The molecule has 2 N–H and O–H groups in total. The minimum Gasteiger partial charge on any atom is -0.508 e. The van der Waals surface area contributed by atoms with E-state index in [2.05, 4.69) is 25.2 Å². The smallest absolute Gasteiger partial charge is 0.317 e. The van der Waals surface area contributed by atoms with E-state index in [1.807, 2.05) is 17.0 Å². The molecule has 108 valence electrons. The van der Waals surface area contributed by atoms with Crippen molar-refractivity contribution < 1.29 is 9.90 Å². The summed E-state index contributed by atoms with van der Waals surface area (Å²) in [7, 11) is 0. The molecule has 0 radical (unpaired) electrons. The van der Waals surface area contributed by atoms with Gasteiger partial charge in [0.2, 0.25) is 0 Å². The molecule has 20 heavy (non-hydrogen) atoms. The number of phenols is 1. The van der Waals surface area contributed by atoms with Crippen LogP contribution in [-0.4, -0.2) is 35.7 Å².